The van der Waals surface area contributed by atoms with E-state index in [1.165, 1.54) is 6.20 Å². The molecule has 1 atom stereocenters. The van der Waals surface area contributed by atoms with Crippen molar-refractivity contribution >= 4 is 5.91 Å². The Morgan fingerprint density at radius 2 is 2.50 bits per heavy atom. The molecule has 6 heteroatoms. The summed E-state index contributed by atoms with van der Waals surface area (Å²) in [6.07, 6.45) is 3.60. The van der Waals surface area contributed by atoms with Crippen LogP contribution in [0, 0.1) is 0 Å². The van der Waals surface area contributed by atoms with Gasteiger partial charge in [0.05, 0.1) is 6.54 Å². The maximum atomic E-state index is 11.4. The Balaban J connectivity index is 2.02. The summed E-state index contributed by atoms with van der Waals surface area (Å²) >= 11 is 0. The smallest absolute Gasteiger partial charge is 0.345 e. The molecule has 6 nitrogen and oxygen atoms in total. The highest BCUT2D eigenvalue weighted by atomic mass is 16.2. The second-order valence-electron chi connectivity index (χ2n) is 4.58. The zero-order chi connectivity index (χ0) is 13.0. The minimum Gasteiger partial charge on any atom is -0.358 e. The van der Waals surface area contributed by atoms with Crippen LogP contribution < -0.4 is 11.0 Å². The monoisotopic (exact) mass is 250 g/mol. The van der Waals surface area contributed by atoms with Crippen LogP contribution in [0.25, 0.3) is 0 Å². The number of likely N-dealkylation sites (tertiary alicyclic amines) is 1. The van der Waals surface area contributed by atoms with Crippen LogP contribution >= 0.6 is 0 Å². The molecule has 98 valence electrons. The fourth-order valence-electron chi connectivity index (χ4n) is 2.36. The van der Waals surface area contributed by atoms with E-state index < -0.39 is 0 Å². The largest absolute Gasteiger partial charge is 0.358 e. The molecule has 1 aliphatic heterocycles. The molecule has 0 bridgehead atoms. The van der Waals surface area contributed by atoms with Gasteiger partial charge in [-0.1, -0.05) is 0 Å². The molecule has 18 heavy (non-hydrogen) atoms. The lowest BCUT2D eigenvalue weighted by molar-refractivity contribution is -0.122. The van der Waals surface area contributed by atoms with Crippen LogP contribution in [0.3, 0.4) is 0 Å². The van der Waals surface area contributed by atoms with Crippen molar-refractivity contribution in [1.82, 2.24) is 20.2 Å². The number of likely N-dealkylation sites (N-methyl/N-ethyl adjacent to an activating group) is 1. The Morgan fingerprint density at radius 3 is 3.22 bits per heavy atom. The van der Waals surface area contributed by atoms with E-state index in [1.807, 2.05) is 6.07 Å². The number of nitrogens with zero attached hydrogens (tertiary/aromatic N) is 2. The maximum Gasteiger partial charge on any atom is 0.345 e. The number of H-pyrrole nitrogens is 1. The highest BCUT2D eigenvalue weighted by molar-refractivity contribution is 5.77. The lowest BCUT2D eigenvalue weighted by atomic mass is 9.94. The average Bonchev–Trinajstić information content (AvgIpc) is 2.39. The van der Waals surface area contributed by atoms with Gasteiger partial charge >= 0.3 is 5.69 Å². The average molecular weight is 250 g/mol. The number of hydrogen-bond donors (Lipinski definition) is 2. The number of aromatic nitrogens is 2. The first kappa shape index (κ1) is 12.8. The molecular weight excluding hydrogens is 232 g/mol. The summed E-state index contributed by atoms with van der Waals surface area (Å²) in [5.74, 6) is 0.304. The Labute approximate surface area is 105 Å². The third-order valence-corrected chi connectivity index (χ3v) is 3.29. The standard InChI is InChI=1S/C12H18N4O2/c1-13-11(17)8-16-6-2-3-9(7-16)10-4-5-14-12(18)15-10/h4-5,9H,2-3,6-8H2,1H3,(H,13,17)(H,14,15,18)/t9-/m1/s1. The molecule has 0 spiro atoms. The second kappa shape index (κ2) is 5.77. The zero-order valence-electron chi connectivity index (χ0n) is 10.5. The first-order chi connectivity index (χ1) is 8.69. The van der Waals surface area contributed by atoms with E-state index in [0.29, 0.717) is 6.54 Å². The molecule has 1 aromatic heterocycles. The van der Waals surface area contributed by atoms with E-state index in [1.54, 1.807) is 7.05 Å². The minimum atomic E-state index is -0.309. The van der Waals surface area contributed by atoms with Gasteiger partial charge in [0.25, 0.3) is 0 Å². The molecule has 0 radical (unpaired) electrons. The molecule has 2 N–H and O–H groups in total. The van der Waals surface area contributed by atoms with Gasteiger partial charge in [-0.15, -0.1) is 0 Å². The predicted octanol–water partition coefficient (Wildman–Crippen LogP) is -0.305. The van der Waals surface area contributed by atoms with E-state index in [4.69, 9.17) is 0 Å². The van der Waals surface area contributed by atoms with Gasteiger partial charge in [-0.05, 0) is 25.5 Å². The summed E-state index contributed by atoms with van der Waals surface area (Å²) in [6.45, 7) is 2.15. The summed E-state index contributed by atoms with van der Waals surface area (Å²) < 4.78 is 0. The quantitative estimate of drug-likeness (QED) is 0.771. The molecule has 0 aliphatic carbocycles. The summed E-state index contributed by atoms with van der Waals surface area (Å²) in [5, 5.41) is 2.63. The Kier molecular flexibility index (Phi) is 4.09. The molecule has 1 aliphatic rings. The van der Waals surface area contributed by atoms with Crippen LogP contribution in [-0.2, 0) is 4.79 Å². The van der Waals surface area contributed by atoms with Gasteiger partial charge in [0, 0.05) is 31.4 Å². The molecule has 0 saturated carbocycles. The number of hydrogen-bond acceptors (Lipinski definition) is 4. The highest BCUT2D eigenvalue weighted by Crippen LogP contribution is 2.24. The zero-order valence-corrected chi connectivity index (χ0v) is 10.5. The van der Waals surface area contributed by atoms with E-state index >= 15 is 0 Å². The summed E-state index contributed by atoms with van der Waals surface area (Å²) in [6, 6.07) is 1.84. The van der Waals surface area contributed by atoms with E-state index in [0.717, 1.165) is 31.6 Å². The van der Waals surface area contributed by atoms with Crippen molar-refractivity contribution in [1.29, 1.82) is 0 Å². The SMILES string of the molecule is CNC(=O)CN1CCC[C@@H](c2ccnc(=O)[nH]2)C1. The Hall–Kier alpha value is -1.69. The van der Waals surface area contributed by atoms with Crippen molar-refractivity contribution < 1.29 is 4.79 Å². The Bertz CT molecular complexity index is 471. The third-order valence-electron chi connectivity index (χ3n) is 3.29. The van der Waals surface area contributed by atoms with Gasteiger partial charge in [-0.2, -0.15) is 0 Å². The topological polar surface area (TPSA) is 78.1 Å². The molecule has 1 fully saturated rings. The predicted molar refractivity (Wildman–Crippen MR) is 67.3 cm³/mol. The number of aromatic amines is 1. The lowest BCUT2D eigenvalue weighted by Gasteiger charge is -2.31. The second-order valence-corrected chi connectivity index (χ2v) is 4.58. The minimum absolute atomic E-state index is 0.0267. The number of amides is 1. The van der Waals surface area contributed by atoms with Crippen molar-refractivity contribution in [3.05, 3.63) is 28.4 Å². The summed E-state index contributed by atoms with van der Waals surface area (Å²) in [7, 11) is 1.64. The fourth-order valence-corrected chi connectivity index (χ4v) is 2.36. The van der Waals surface area contributed by atoms with Gasteiger partial charge in [0.1, 0.15) is 0 Å². The molecule has 1 saturated heterocycles. The van der Waals surface area contributed by atoms with Crippen LogP contribution in [0.4, 0.5) is 0 Å². The van der Waals surface area contributed by atoms with Crippen LogP contribution in [0.2, 0.25) is 0 Å². The summed E-state index contributed by atoms with van der Waals surface area (Å²) in [4.78, 5) is 31.1. The van der Waals surface area contributed by atoms with Gasteiger partial charge in [-0.25, -0.2) is 9.78 Å². The molecule has 0 unspecified atom stereocenters. The summed E-state index contributed by atoms with van der Waals surface area (Å²) in [5.41, 5.74) is 0.604. The van der Waals surface area contributed by atoms with E-state index in [9.17, 15) is 9.59 Å². The van der Waals surface area contributed by atoms with Crippen LogP contribution in [0.1, 0.15) is 24.5 Å². The number of carbonyl (C=O) groups excluding carboxylic acids is 1. The molecule has 1 amide bonds. The molecule has 2 heterocycles. The van der Waals surface area contributed by atoms with Crippen molar-refractivity contribution in [2.45, 2.75) is 18.8 Å². The molecule has 2 rings (SSSR count). The number of carbonyl (C=O) groups is 1. The van der Waals surface area contributed by atoms with Crippen LogP contribution in [0.5, 0.6) is 0 Å². The number of rotatable bonds is 3. The lowest BCUT2D eigenvalue weighted by Crippen LogP contribution is -2.41. The third kappa shape index (κ3) is 3.16. The highest BCUT2D eigenvalue weighted by Gasteiger charge is 2.23. The molecule has 0 aromatic carbocycles. The van der Waals surface area contributed by atoms with Crippen molar-refractivity contribution in [3.63, 3.8) is 0 Å². The van der Waals surface area contributed by atoms with Gasteiger partial charge in [0.15, 0.2) is 0 Å². The number of nitrogens with one attached hydrogen (secondary N) is 2. The van der Waals surface area contributed by atoms with Crippen molar-refractivity contribution in [3.8, 4) is 0 Å². The van der Waals surface area contributed by atoms with Crippen LogP contribution in [-0.4, -0.2) is 47.5 Å². The first-order valence-electron chi connectivity index (χ1n) is 6.17. The van der Waals surface area contributed by atoms with Gasteiger partial charge < -0.3 is 10.3 Å². The van der Waals surface area contributed by atoms with E-state index in [-0.39, 0.29) is 17.5 Å². The Morgan fingerprint density at radius 1 is 1.67 bits per heavy atom. The molecule has 1 aromatic rings. The van der Waals surface area contributed by atoms with Crippen molar-refractivity contribution in [2.24, 2.45) is 0 Å². The normalized spacial score (nSPS) is 20.6. The van der Waals surface area contributed by atoms with E-state index in [2.05, 4.69) is 20.2 Å². The van der Waals surface area contributed by atoms with Crippen LogP contribution in [0.15, 0.2) is 17.1 Å². The molecular formula is C12H18N4O2. The fraction of sp³-hybridized carbons (Fsp3) is 0.583. The maximum absolute atomic E-state index is 11.4. The first-order valence-corrected chi connectivity index (χ1v) is 6.17. The van der Waals surface area contributed by atoms with Gasteiger partial charge in [0.2, 0.25) is 5.91 Å². The van der Waals surface area contributed by atoms with Crippen molar-refractivity contribution in [2.75, 3.05) is 26.7 Å². The number of piperidine rings is 1. The van der Waals surface area contributed by atoms with Gasteiger partial charge in [-0.3, -0.25) is 9.69 Å².